The Balaban J connectivity index is 1.39. The van der Waals surface area contributed by atoms with Crippen molar-refractivity contribution in [2.45, 2.75) is 6.04 Å². The van der Waals surface area contributed by atoms with Crippen molar-refractivity contribution in [3.63, 3.8) is 0 Å². The Kier molecular flexibility index (Phi) is 6.82. The molecule has 2 amide bonds. The first-order valence-corrected chi connectivity index (χ1v) is 10.8. The van der Waals surface area contributed by atoms with E-state index in [0.29, 0.717) is 18.8 Å². The van der Waals surface area contributed by atoms with Crippen molar-refractivity contribution in [3.05, 3.63) is 102 Å². The standard InChI is InChI=1S/C26H27N3O3/c27-26(31)22-13-7-8-14-23(22)32-19-24(30)28-15-17-29(18-16-28)25(20-9-3-1-4-10-20)21-11-5-2-6-12-21/h1-14,25H,15-19H2,(H2,27,31). The minimum absolute atomic E-state index is 0.0973. The van der Waals surface area contributed by atoms with Crippen LogP contribution in [0.15, 0.2) is 84.9 Å². The smallest absolute Gasteiger partial charge is 0.260 e. The van der Waals surface area contributed by atoms with E-state index in [1.807, 2.05) is 17.0 Å². The molecule has 0 spiro atoms. The molecule has 3 aromatic carbocycles. The minimum Gasteiger partial charge on any atom is -0.483 e. The minimum atomic E-state index is -0.575. The van der Waals surface area contributed by atoms with Crippen LogP contribution in [-0.4, -0.2) is 54.4 Å². The molecular formula is C26H27N3O3. The largest absolute Gasteiger partial charge is 0.483 e. The zero-order valence-electron chi connectivity index (χ0n) is 17.9. The van der Waals surface area contributed by atoms with Gasteiger partial charge in [-0.2, -0.15) is 0 Å². The summed E-state index contributed by atoms with van der Waals surface area (Å²) in [6, 6.07) is 27.8. The number of piperazine rings is 1. The lowest BCUT2D eigenvalue weighted by molar-refractivity contribution is -0.135. The molecule has 1 aliphatic heterocycles. The molecule has 2 N–H and O–H groups in total. The molecular weight excluding hydrogens is 402 g/mol. The van der Waals surface area contributed by atoms with E-state index in [0.717, 1.165) is 13.1 Å². The molecule has 0 aliphatic carbocycles. The summed E-state index contributed by atoms with van der Waals surface area (Å²) in [6.07, 6.45) is 0. The van der Waals surface area contributed by atoms with Crippen molar-refractivity contribution in [1.29, 1.82) is 0 Å². The normalized spacial score (nSPS) is 14.3. The first-order valence-electron chi connectivity index (χ1n) is 10.8. The van der Waals surface area contributed by atoms with Crippen LogP contribution in [0.1, 0.15) is 27.5 Å². The summed E-state index contributed by atoms with van der Waals surface area (Å²) in [5.74, 6) is -0.338. The number of amides is 2. The molecule has 1 aliphatic rings. The quantitative estimate of drug-likeness (QED) is 0.626. The fourth-order valence-electron chi connectivity index (χ4n) is 4.14. The van der Waals surface area contributed by atoms with Crippen LogP contribution in [0.3, 0.4) is 0 Å². The molecule has 0 unspecified atom stereocenters. The van der Waals surface area contributed by atoms with E-state index in [9.17, 15) is 9.59 Å². The number of carbonyl (C=O) groups excluding carboxylic acids is 2. The number of nitrogens with zero attached hydrogens (tertiary/aromatic N) is 2. The van der Waals surface area contributed by atoms with E-state index < -0.39 is 5.91 Å². The highest BCUT2D eigenvalue weighted by molar-refractivity contribution is 5.95. The third kappa shape index (κ3) is 4.98. The average molecular weight is 430 g/mol. The van der Waals surface area contributed by atoms with Crippen molar-refractivity contribution >= 4 is 11.8 Å². The van der Waals surface area contributed by atoms with Gasteiger partial charge >= 0.3 is 0 Å². The van der Waals surface area contributed by atoms with Crippen LogP contribution in [0.5, 0.6) is 5.75 Å². The maximum Gasteiger partial charge on any atom is 0.260 e. The third-order valence-electron chi connectivity index (χ3n) is 5.77. The lowest BCUT2D eigenvalue weighted by Gasteiger charge is -2.39. The first kappa shape index (κ1) is 21.6. The van der Waals surface area contributed by atoms with Crippen molar-refractivity contribution in [3.8, 4) is 5.75 Å². The van der Waals surface area contributed by atoms with Crippen molar-refractivity contribution in [2.24, 2.45) is 5.73 Å². The zero-order chi connectivity index (χ0) is 22.3. The highest BCUT2D eigenvalue weighted by atomic mass is 16.5. The summed E-state index contributed by atoms with van der Waals surface area (Å²) >= 11 is 0. The van der Waals surface area contributed by atoms with Gasteiger partial charge in [-0.1, -0.05) is 72.8 Å². The second kappa shape index (κ2) is 10.1. The van der Waals surface area contributed by atoms with Crippen LogP contribution in [0.2, 0.25) is 0 Å². The van der Waals surface area contributed by atoms with Gasteiger partial charge in [0.2, 0.25) is 0 Å². The maximum atomic E-state index is 12.7. The number of ether oxygens (including phenoxy) is 1. The second-order valence-electron chi connectivity index (χ2n) is 7.79. The summed E-state index contributed by atoms with van der Waals surface area (Å²) in [6.45, 7) is 2.65. The Bertz CT molecular complexity index is 1010. The van der Waals surface area contributed by atoms with Gasteiger partial charge in [0, 0.05) is 26.2 Å². The number of hydrogen-bond acceptors (Lipinski definition) is 4. The van der Waals surface area contributed by atoms with E-state index in [-0.39, 0.29) is 24.1 Å². The SMILES string of the molecule is NC(=O)c1ccccc1OCC(=O)N1CCN(C(c2ccccc2)c2ccccc2)CC1. The van der Waals surface area contributed by atoms with Crippen LogP contribution < -0.4 is 10.5 Å². The summed E-state index contributed by atoms with van der Waals surface area (Å²) in [7, 11) is 0. The molecule has 0 bridgehead atoms. The molecule has 1 saturated heterocycles. The summed E-state index contributed by atoms with van der Waals surface area (Å²) in [5.41, 5.74) is 8.14. The van der Waals surface area contributed by atoms with E-state index >= 15 is 0 Å². The van der Waals surface area contributed by atoms with Gasteiger partial charge in [-0.25, -0.2) is 0 Å². The predicted molar refractivity (Wildman–Crippen MR) is 123 cm³/mol. The molecule has 0 radical (unpaired) electrons. The average Bonchev–Trinajstić information content (AvgIpc) is 2.84. The fraction of sp³-hybridized carbons (Fsp3) is 0.231. The number of rotatable bonds is 7. The summed E-state index contributed by atoms with van der Waals surface area (Å²) < 4.78 is 5.62. The van der Waals surface area contributed by atoms with E-state index in [4.69, 9.17) is 10.5 Å². The van der Waals surface area contributed by atoms with Gasteiger partial charge in [0.1, 0.15) is 5.75 Å². The number of primary amides is 1. The van der Waals surface area contributed by atoms with Gasteiger partial charge in [-0.3, -0.25) is 14.5 Å². The Morgan fingerprint density at radius 2 is 1.31 bits per heavy atom. The third-order valence-corrected chi connectivity index (χ3v) is 5.77. The number of para-hydroxylation sites is 1. The summed E-state index contributed by atoms with van der Waals surface area (Å²) in [5, 5.41) is 0. The maximum absolute atomic E-state index is 12.7. The van der Waals surface area contributed by atoms with Gasteiger partial charge in [0.05, 0.1) is 11.6 Å². The second-order valence-corrected chi connectivity index (χ2v) is 7.79. The zero-order valence-corrected chi connectivity index (χ0v) is 17.9. The molecule has 0 aromatic heterocycles. The van der Waals surface area contributed by atoms with E-state index in [2.05, 4.69) is 53.4 Å². The highest BCUT2D eigenvalue weighted by Gasteiger charge is 2.28. The lowest BCUT2D eigenvalue weighted by Crippen LogP contribution is -2.51. The number of hydrogen-bond donors (Lipinski definition) is 1. The Morgan fingerprint density at radius 3 is 1.88 bits per heavy atom. The number of nitrogens with two attached hydrogens (primary N) is 1. The van der Waals surface area contributed by atoms with Gasteiger partial charge in [-0.15, -0.1) is 0 Å². The fourth-order valence-corrected chi connectivity index (χ4v) is 4.14. The number of benzene rings is 3. The molecule has 1 heterocycles. The van der Waals surface area contributed by atoms with Crippen molar-refractivity contribution < 1.29 is 14.3 Å². The van der Waals surface area contributed by atoms with Gasteiger partial charge in [0.25, 0.3) is 11.8 Å². The van der Waals surface area contributed by atoms with Crippen LogP contribution in [-0.2, 0) is 4.79 Å². The Hall–Kier alpha value is -3.64. The van der Waals surface area contributed by atoms with Gasteiger partial charge in [-0.05, 0) is 23.3 Å². The molecule has 32 heavy (non-hydrogen) atoms. The molecule has 6 nitrogen and oxygen atoms in total. The first-order chi connectivity index (χ1) is 15.6. The Morgan fingerprint density at radius 1 is 0.781 bits per heavy atom. The number of carbonyl (C=O) groups is 2. The molecule has 164 valence electrons. The van der Waals surface area contributed by atoms with Crippen molar-refractivity contribution in [2.75, 3.05) is 32.8 Å². The topological polar surface area (TPSA) is 75.9 Å². The van der Waals surface area contributed by atoms with Crippen LogP contribution in [0.25, 0.3) is 0 Å². The lowest BCUT2D eigenvalue weighted by atomic mass is 9.96. The molecule has 0 atom stereocenters. The van der Waals surface area contributed by atoms with Crippen LogP contribution in [0, 0.1) is 0 Å². The highest BCUT2D eigenvalue weighted by Crippen LogP contribution is 2.29. The van der Waals surface area contributed by atoms with Gasteiger partial charge in [0.15, 0.2) is 6.61 Å². The monoisotopic (exact) mass is 429 g/mol. The summed E-state index contributed by atoms with van der Waals surface area (Å²) in [4.78, 5) is 28.5. The van der Waals surface area contributed by atoms with Crippen molar-refractivity contribution in [1.82, 2.24) is 9.80 Å². The predicted octanol–water partition coefficient (Wildman–Crippen LogP) is 3.10. The molecule has 0 saturated carbocycles. The molecule has 1 fully saturated rings. The molecule has 3 aromatic rings. The molecule has 4 rings (SSSR count). The van der Waals surface area contributed by atoms with Crippen LogP contribution >= 0.6 is 0 Å². The van der Waals surface area contributed by atoms with Gasteiger partial charge < -0.3 is 15.4 Å². The van der Waals surface area contributed by atoms with E-state index in [1.165, 1.54) is 11.1 Å². The Labute approximate surface area is 188 Å². The van der Waals surface area contributed by atoms with Crippen LogP contribution in [0.4, 0.5) is 0 Å². The molecule has 6 heteroatoms. The van der Waals surface area contributed by atoms with E-state index in [1.54, 1.807) is 24.3 Å².